The lowest BCUT2D eigenvalue weighted by Crippen LogP contribution is -2.46. The van der Waals surface area contributed by atoms with E-state index in [0.29, 0.717) is 5.56 Å². The minimum Gasteiger partial charge on any atom is -0.368 e. The lowest BCUT2D eigenvalue weighted by Gasteiger charge is -2.36. The van der Waals surface area contributed by atoms with Crippen LogP contribution in [0.2, 0.25) is 0 Å². The zero-order valence-corrected chi connectivity index (χ0v) is 15.4. The van der Waals surface area contributed by atoms with Gasteiger partial charge >= 0.3 is 0 Å². The Labute approximate surface area is 163 Å². The number of nitro groups is 1. The van der Waals surface area contributed by atoms with Gasteiger partial charge in [0.1, 0.15) is 6.07 Å². The van der Waals surface area contributed by atoms with Crippen molar-refractivity contribution in [3.05, 3.63) is 81.9 Å². The number of rotatable bonds is 4. The van der Waals surface area contributed by atoms with Crippen LogP contribution in [0.3, 0.4) is 0 Å². The third-order valence-electron chi connectivity index (χ3n) is 5.30. The maximum atomic E-state index is 10.9. The van der Waals surface area contributed by atoms with Gasteiger partial charge in [-0.2, -0.15) is 5.26 Å². The van der Waals surface area contributed by atoms with E-state index >= 15 is 0 Å². The molecule has 3 aromatic rings. The summed E-state index contributed by atoms with van der Waals surface area (Å²) >= 11 is 0. The van der Waals surface area contributed by atoms with Crippen molar-refractivity contribution in [2.75, 3.05) is 31.1 Å². The van der Waals surface area contributed by atoms with Gasteiger partial charge in [-0.15, -0.1) is 0 Å². The van der Waals surface area contributed by atoms with E-state index in [-0.39, 0.29) is 5.69 Å². The fourth-order valence-corrected chi connectivity index (χ4v) is 3.82. The van der Waals surface area contributed by atoms with E-state index in [2.05, 4.69) is 58.3 Å². The van der Waals surface area contributed by atoms with Crippen LogP contribution in [0.5, 0.6) is 0 Å². The van der Waals surface area contributed by atoms with Crippen molar-refractivity contribution in [1.82, 2.24) is 4.90 Å². The van der Waals surface area contributed by atoms with Crippen molar-refractivity contribution in [2.24, 2.45) is 0 Å². The molecule has 0 saturated carbocycles. The van der Waals surface area contributed by atoms with E-state index in [1.54, 1.807) is 6.07 Å². The molecule has 4 rings (SSSR count). The van der Waals surface area contributed by atoms with Gasteiger partial charge in [-0.1, -0.05) is 42.5 Å². The summed E-state index contributed by atoms with van der Waals surface area (Å²) < 4.78 is 0. The highest BCUT2D eigenvalue weighted by molar-refractivity contribution is 5.85. The Morgan fingerprint density at radius 3 is 2.50 bits per heavy atom. The molecule has 140 valence electrons. The molecule has 0 amide bonds. The van der Waals surface area contributed by atoms with E-state index in [9.17, 15) is 15.4 Å². The standard InChI is InChI=1S/C22H20N4O2/c23-15-19-14-20(26(27)28)8-9-22(19)25-12-10-24(11-13-25)16-18-6-3-5-17-4-1-2-7-21(17)18/h1-9,14H,10-13,16H2. The molecule has 0 atom stereocenters. The molecule has 3 aromatic carbocycles. The predicted molar refractivity (Wildman–Crippen MR) is 109 cm³/mol. The van der Waals surface area contributed by atoms with E-state index in [0.717, 1.165) is 38.4 Å². The predicted octanol–water partition coefficient (Wildman–Crippen LogP) is 3.94. The largest absolute Gasteiger partial charge is 0.368 e. The van der Waals surface area contributed by atoms with E-state index in [4.69, 9.17) is 0 Å². The summed E-state index contributed by atoms with van der Waals surface area (Å²) in [5.74, 6) is 0. The molecule has 1 aliphatic heterocycles. The second-order valence-corrected chi connectivity index (χ2v) is 6.97. The Morgan fingerprint density at radius 1 is 1.00 bits per heavy atom. The lowest BCUT2D eigenvalue weighted by molar-refractivity contribution is -0.384. The van der Waals surface area contributed by atoms with Crippen LogP contribution in [0.15, 0.2) is 60.7 Å². The third-order valence-corrected chi connectivity index (χ3v) is 5.30. The second-order valence-electron chi connectivity index (χ2n) is 6.97. The minimum atomic E-state index is -0.466. The number of hydrogen-bond donors (Lipinski definition) is 0. The number of non-ortho nitro benzene ring substituents is 1. The molecule has 6 heteroatoms. The topological polar surface area (TPSA) is 73.4 Å². The van der Waals surface area contributed by atoms with Crippen LogP contribution in [0.25, 0.3) is 10.8 Å². The van der Waals surface area contributed by atoms with Crippen molar-refractivity contribution < 1.29 is 4.92 Å². The average Bonchev–Trinajstić information content (AvgIpc) is 2.74. The van der Waals surface area contributed by atoms with Gasteiger partial charge in [0.05, 0.1) is 16.2 Å². The number of piperazine rings is 1. The third kappa shape index (κ3) is 3.53. The van der Waals surface area contributed by atoms with Crippen molar-refractivity contribution >= 4 is 22.1 Å². The quantitative estimate of drug-likeness (QED) is 0.512. The summed E-state index contributed by atoms with van der Waals surface area (Å²) in [4.78, 5) is 15.0. The number of anilines is 1. The maximum absolute atomic E-state index is 10.9. The molecular weight excluding hydrogens is 352 g/mol. The molecule has 0 N–H and O–H groups in total. The number of hydrogen-bond acceptors (Lipinski definition) is 5. The van der Waals surface area contributed by atoms with Gasteiger partial charge in [-0.05, 0) is 22.4 Å². The molecule has 1 aliphatic rings. The monoisotopic (exact) mass is 372 g/mol. The molecule has 0 bridgehead atoms. The zero-order chi connectivity index (χ0) is 19.5. The van der Waals surface area contributed by atoms with Crippen molar-refractivity contribution in [3.8, 4) is 6.07 Å². The first-order chi connectivity index (χ1) is 13.7. The van der Waals surface area contributed by atoms with Gasteiger partial charge in [-0.25, -0.2) is 0 Å². The van der Waals surface area contributed by atoms with Crippen molar-refractivity contribution in [3.63, 3.8) is 0 Å². The molecule has 1 heterocycles. The number of nitriles is 1. The molecule has 1 fully saturated rings. The summed E-state index contributed by atoms with van der Waals surface area (Å²) in [5.41, 5.74) is 2.41. The Hall–Kier alpha value is -3.43. The maximum Gasteiger partial charge on any atom is 0.270 e. The van der Waals surface area contributed by atoms with Gasteiger partial charge in [-0.3, -0.25) is 15.0 Å². The van der Waals surface area contributed by atoms with Gasteiger partial charge in [0.2, 0.25) is 0 Å². The van der Waals surface area contributed by atoms with Gasteiger partial charge < -0.3 is 4.90 Å². The molecular formula is C22H20N4O2. The Kier molecular flexibility index (Phi) is 4.92. The molecule has 0 aromatic heterocycles. The van der Waals surface area contributed by atoms with E-state index < -0.39 is 4.92 Å². The highest BCUT2D eigenvalue weighted by atomic mass is 16.6. The van der Waals surface area contributed by atoms with Crippen LogP contribution in [0.4, 0.5) is 11.4 Å². The van der Waals surface area contributed by atoms with Crippen LogP contribution < -0.4 is 4.90 Å². The molecule has 1 saturated heterocycles. The molecule has 0 aliphatic carbocycles. The first-order valence-electron chi connectivity index (χ1n) is 9.28. The number of fused-ring (bicyclic) bond motifs is 1. The van der Waals surface area contributed by atoms with Gasteiger partial charge in [0.15, 0.2) is 0 Å². The Bertz CT molecular complexity index is 1060. The van der Waals surface area contributed by atoms with Gasteiger partial charge in [0.25, 0.3) is 5.69 Å². The molecule has 0 spiro atoms. The molecule has 0 unspecified atom stereocenters. The Morgan fingerprint density at radius 2 is 1.75 bits per heavy atom. The Balaban J connectivity index is 1.46. The smallest absolute Gasteiger partial charge is 0.270 e. The number of nitrogens with zero attached hydrogens (tertiary/aromatic N) is 4. The molecule has 28 heavy (non-hydrogen) atoms. The minimum absolute atomic E-state index is 0.0464. The zero-order valence-electron chi connectivity index (χ0n) is 15.4. The van der Waals surface area contributed by atoms with Gasteiger partial charge in [0, 0.05) is 44.9 Å². The summed E-state index contributed by atoms with van der Waals surface area (Å²) in [5, 5.41) is 22.9. The average molecular weight is 372 g/mol. The van der Waals surface area contributed by atoms with E-state index in [1.807, 2.05) is 0 Å². The SMILES string of the molecule is N#Cc1cc([N+](=O)[O-])ccc1N1CCN(Cc2cccc3ccccc23)CC1. The van der Waals surface area contributed by atoms with Crippen LogP contribution >= 0.6 is 0 Å². The number of nitro benzene ring substituents is 1. The first kappa shape index (κ1) is 18.0. The van der Waals surface area contributed by atoms with E-state index in [1.165, 1.54) is 28.5 Å². The van der Waals surface area contributed by atoms with Crippen LogP contribution in [-0.4, -0.2) is 36.0 Å². The highest BCUT2D eigenvalue weighted by Crippen LogP contribution is 2.27. The summed E-state index contributed by atoms with van der Waals surface area (Å²) in [6.45, 7) is 4.23. The van der Waals surface area contributed by atoms with Crippen LogP contribution in [0.1, 0.15) is 11.1 Å². The van der Waals surface area contributed by atoms with Crippen LogP contribution in [0, 0.1) is 21.4 Å². The van der Waals surface area contributed by atoms with Crippen molar-refractivity contribution in [1.29, 1.82) is 5.26 Å². The second kappa shape index (κ2) is 7.67. The van der Waals surface area contributed by atoms with Crippen LogP contribution in [-0.2, 0) is 6.54 Å². The number of benzene rings is 3. The molecule has 6 nitrogen and oxygen atoms in total. The first-order valence-corrected chi connectivity index (χ1v) is 9.28. The van der Waals surface area contributed by atoms with Crippen molar-refractivity contribution in [2.45, 2.75) is 6.54 Å². The summed E-state index contributed by atoms with van der Waals surface area (Å²) in [7, 11) is 0. The summed E-state index contributed by atoms with van der Waals surface area (Å²) in [6.07, 6.45) is 0. The fourth-order valence-electron chi connectivity index (χ4n) is 3.82. The highest BCUT2D eigenvalue weighted by Gasteiger charge is 2.21. The fraction of sp³-hybridized carbons (Fsp3) is 0.227. The normalized spacial score (nSPS) is 14.8. The lowest BCUT2D eigenvalue weighted by atomic mass is 10.0. The summed E-state index contributed by atoms with van der Waals surface area (Å²) in [6, 6.07) is 21.5. The molecule has 0 radical (unpaired) electrons.